The van der Waals surface area contributed by atoms with Crippen molar-refractivity contribution in [2.24, 2.45) is 17.4 Å². The molecule has 1 aromatic heterocycles. The van der Waals surface area contributed by atoms with E-state index >= 15 is 0 Å². The molecule has 16 heteroatoms. The van der Waals surface area contributed by atoms with Crippen LogP contribution in [0.15, 0.2) is 66.7 Å². The van der Waals surface area contributed by atoms with E-state index in [2.05, 4.69) is 15.1 Å². The number of rotatable bonds is 10. The van der Waals surface area contributed by atoms with Crippen LogP contribution in [0.1, 0.15) is 35.7 Å². The number of alkyl halides is 3. The highest BCUT2D eigenvalue weighted by molar-refractivity contribution is 6.03. The molecule has 0 radical (unpaired) electrons. The van der Waals surface area contributed by atoms with Crippen LogP contribution in [0.25, 0.3) is 11.3 Å². The van der Waals surface area contributed by atoms with Crippen LogP contribution in [-0.2, 0) is 9.59 Å². The number of carboxylic acids is 1. The maximum atomic E-state index is 13.0. The van der Waals surface area contributed by atoms with E-state index in [9.17, 15) is 22.8 Å². The summed E-state index contributed by atoms with van der Waals surface area (Å²) in [5, 5.41) is 15.5. The van der Waals surface area contributed by atoms with Crippen molar-refractivity contribution in [1.29, 1.82) is 0 Å². The molecule has 0 spiro atoms. The molecule has 2 amide bonds. The molecule has 2 fully saturated rings. The van der Waals surface area contributed by atoms with Gasteiger partial charge in [0, 0.05) is 77.1 Å². The number of piperidine rings is 1. The summed E-state index contributed by atoms with van der Waals surface area (Å²) in [6.07, 6.45) is 1.33. The van der Waals surface area contributed by atoms with Crippen molar-refractivity contribution in [2.75, 3.05) is 70.8 Å². The fourth-order valence-corrected chi connectivity index (χ4v) is 6.77. The van der Waals surface area contributed by atoms with Gasteiger partial charge in [0.15, 0.2) is 0 Å². The largest absolute Gasteiger partial charge is 0.490 e. The smallest absolute Gasteiger partial charge is 0.475 e. The lowest BCUT2D eigenvalue weighted by atomic mass is 9.87. The predicted molar refractivity (Wildman–Crippen MR) is 189 cm³/mol. The van der Waals surface area contributed by atoms with Gasteiger partial charge in [0.2, 0.25) is 5.91 Å². The number of fused-ring (bicyclic) bond motifs is 1. The minimum absolute atomic E-state index is 0.0818. The number of piperazine rings is 1. The van der Waals surface area contributed by atoms with E-state index in [0.717, 1.165) is 76.4 Å². The Morgan fingerprint density at radius 3 is 2.13 bits per heavy atom. The van der Waals surface area contributed by atoms with Crippen LogP contribution in [0, 0.1) is 5.92 Å². The van der Waals surface area contributed by atoms with Crippen LogP contribution < -0.4 is 21.5 Å². The summed E-state index contributed by atoms with van der Waals surface area (Å²) in [5.41, 5.74) is 13.4. The zero-order valence-electron chi connectivity index (χ0n) is 28.8. The number of para-hydroxylation sites is 1. The first-order chi connectivity index (χ1) is 24.9. The molecule has 0 unspecified atom stereocenters. The van der Waals surface area contributed by atoms with Gasteiger partial charge >= 0.3 is 12.1 Å². The number of carbonyl (C=O) groups excluding carboxylic acids is 2. The molecule has 280 valence electrons. The fraction of sp³-hybridized carbons (Fsp3) is 0.444. The Kier molecular flexibility index (Phi) is 12.9. The van der Waals surface area contributed by atoms with Gasteiger partial charge in [-0.15, -0.1) is 0 Å². The van der Waals surface area contributed by atoms with Gasteiger partial charge in [-0.3, -0.25) is 19.4 Å². The number of aliphatic carboxylic acids is 1. The average Bonchev–Trinajstić information content (AvgIpc) is 3.54. The Balaban J connectivity index is 0.000000679. The fourth-order valence-electron chi connectivity index (χ4n) is 6.77. The Bertz CT molecular complexity index is 1680. The molecule has 13 nitrogen and oxygen atoms in total. The number of benzene rings is 2. The molecule has 0 aliphatic carbocycles. The lowest BCUT2D eigenvalue weighted by Crippen LogP contribution is -2.47. The number of carbonyl (C=O) groups is 3. The van der Waals surface area contributed by atoms with Crippen LogP contribution in [0.2, 0.25) is 0 Å². The summed E-state index contributed by atoms with van der Waals surface area (Å²) in [6.45, 7) is 8.66. The van der Waals surface area contributed by atoms with Crippen molar-refractivity contribution in [3.63, 3.8) is 0 Å². The summed E-state index contributed by atoms with van der Waals surface area (Å²) in [7, 11) is 0. The summed E-state index contributed by atoms with van der Waals surface area (Å²) >= 11 is 0. The molecule has 6 N–H and O–H groups in total. The number of hydrogen-bond acceptors (Lipinski definition) is 9. The highest BCUT2D eigenvalue weighted by atomic mass is 19.4. The highest BCUT2D eigenvalue weighted by Crippen LogP contribution is 2.40. The van der Waals surface area contributed by atoms with E-state index in [4.69, 9.17) is 31.2 Å². The summed E-state index contributed by atoms with van der Waals surface area (Å²) in [4.78, 5) is 41.3. The van der Waals surface area contributed by atoms with Gasteiger partial charge in [0.05, 0.1) is 6.04 Å². The van der Waals surface area contributed by atoms with E-state index in [-0.39, 0.29) is 11.9 Å². The number of ether oxygens (including phenoxy) is 1. The zero-order valence-corrected chi connectivity index (χ0v) is 28.8. The molecule has 3 aliphatic rings. The van der Waals surface area contributed by atoms with E-state index in [0.29, 0.717) is 48.4 Å². The van der Waals surface area contributed by atoms with Crippen molar-refractivity contribution >= 4 is 23.6 Å². The van der Waals surface area contributed by atoms with E-state index in [1.54, 1.807) is 6.08 Å². The lowest BCUT2D eigenvalue weighted by Gasteiger charge is -2.38. The van der Waals surface area contributed by atoms with Crippen molar-refractivity contribution < 1.29 is 37.4 Å². The standard InChI is InChI=1S/C34H44N8O3.C2HF3O2/c35-15-20-40-23-21-39(22-24-40)17-4-7-30(43)41-18-13-25(14-19-41)29-12-16-37-34-31(33(36)44)32(38-42(29)34)26-8-10-28(11-9-26)45-27-5-2-1-3-6-27;3-2(4,5)1(6)7/h1-11,25,29,37H,12-24,35H2,(H2,36,44);(H,6,7)/b7-4+;/t29-;/m0./s1. The van der Waals surface area contributed by atoms with Gasteiger partial charge in [-0.05, 0) is 61.6 Å². The first-order valence-electron chi connectivity index (χ1n) is 17.3. The van der Waals surface area contributed by atoms with E-state index < -0.39 is 18.1 Å². The summed E-state index contributed by atoms with van der Waals surface area (Å²) < 4.78 is 39.7. The van der Waals surface area contributed by atoms with Gasteiger partial charge < -0.3 is 31.5 Å². The molecular weight excluding hydrogens is 681 g/mol. The maximum absolute atomic E-state index is 13.0. The number of likely N-dealkylation sites (tertiary alicyclic amines) is 1. The Morgan fingerprint density at radius 2 is 1.54 bits per heavy atom. The normalized spacial score (nSPS) is 18.6. The first kappa shape index (κ1) is 38.3. The number of nitrogens with one attached hydrogen (secondary N) is 1. The molecule has 2 aromatic carbocycles. The van der Waals surface area contributed by atoms with Crippen LogP contribution in [-0.4, -0.2) is 119 Å². The number of primary amides is 1. The van der Waals surface area contributed by atoms with Gasteiger partial charge in [0.25, 0.3) is 5.91 Å². The van der Waals surface area contributed by atoms with Gasteiger partial charge in [-0.25, -0.2) is 9.48 Å². The third-order valence-electron chi connectivity index (χ3n) is 9.48. The number of halogens is 3. The van der Waals surface area contributed by atoms with Crippen molar-refractivity contribution in [1.82, 2.24) is 24.5 Å². The molecule has 1 atom stereocenters. The second kappa shape index (κ2) is 17.5. The minimum Gasteiger partial charge on any atom is -0.475 e. The van der Waals surface area contributed by atoms with Crippen LogP contribution >= 0.6 is 0 Å². The molecular formula is C36H45F3N8O5. The molecule has 3 aliphatic heterocycles. The SMILES string of the molecule is NCCN1CCN(C/C=C/C(=O)N2CCC([C@@H]3CCNc4c(C(N)=O)c(-c5ccc(Oc6ccccc6)cc5)nn43)CC2)CC1.O=C(O)C(F)(F)F. The van der Waals surface area contributed by atoms with Crippen LogP contribution in [0.4, 0.5) is 19.0 Å². The van der Waals surface area contributed by atoms with Crippen LogP contribution in [0.3, 0.4) is 0 Å². The summed E-state index contributed by atoms with van der Waals surface area (Å²) in [5.74, 6) is -0.700. The molecule has 3 aromatic rings. The number of nitrogens with zero attached hydrogens (tertiary/aromatic N) is 5. The third-order valence-corrected chi connectivity index (χ3v) is 9.48. The highest BCUT2D eigenvalue weighted by Gasteiger charge is 2.38. The number of carboxylic acid groups (broad SMARTS) is 1. The van der Waals surface area contributed by atoms with Crippen molar-refractivity contribution in [3.8, 4) is 22.8 Å². The van der Waals surface area contributed by atoms with Gasteiger partial charge in [0.1, 0.15) is 28.6 Å². The van der Waals surface area contributed by atoms with Crippen molar-refractivity contribution in [3.05, 3.63) is 72.3 Å². The molecule has 52 heavy (non-hydrogen) atoms. The summed E-state index contributed by atoms with van der Waals surface area (Å²) in [6, 6.07) is 17.3. The maximum Gasteiger partial charge on any atom is 0.490 e. The van der Waals surface area contributed by atoms with Crippen molar-refractivity contribution in [2.45, 2.75) is 31.5 Å². The van der Waals surface area contributed by atoms with Crippen LogP contribution in [0.5, 0.6) is 11.5 Å². The molecule has 0 bridgehead atoms. The number of anilines is 1. The molecule has 2 saturated heterocycles. The zero-order chi connectivity index (χ0) is 37.3. The second-order valence-corrected chi connectivity index (χ2v) is 12.9. The predicted octanol–water partition coefficient (Wildman–Crippen LogP) is 3.80. The molecule has 0 saturated carbocycles. The van der Waals surface area contributed by atoms with Gasteiger partial charge in [-0.1, -0.05) is 24.3 Å². The minimum atomic E-state index is -5.08. The average molecular weight is 727 g/mol. The number of amides is 2. The van der Waals surface area contributed by atoms with Gasteiger partial charge in [-0.2, -0.15) is 18.3 Å². The second-order valence-electron chi connectivity index (χ2n) is 12.9. The number of hydrogen-bond donors (Lipinski definition) is 4. The third kappa shape index (κ3) is 9.89. The Morgan fingerprint density at radius 1 is 0.923 bits per heavy atom. The Labute approximate surface area is 300 Å². The monoisotopic (exact) mass is 726 g/mol. The van der Waals surface area contributed by atoms with E-state index in [1.165, 1.54) is 0 Å². The molecule has 4 heterocycles. The topological polar surface area (TPSA) is 172 Å². The van der Waals surface area contributed by atoms with E-state index in [1.807, 2.05) is 70.3 Å². The number of nitrogens with two attached hydrogens (primary N) is 2. The Hall–Kier alpha value is -4.93. The first-order valence-corrected chi connectivity index (χ1v) is 17.3. The molecule has 6 rings (SSSR count). The number of aromatic nitrogens is 2. The quantitative estimate of drug-likeness (QED) is 0.225. The lowest BCUT2D eigenvalue weighted by molar-refractivity contribution is -0.192.